The van der Waals surface area contributed by atoms with Crippen LogP contribution >= 0.6 is 45.2 Å². The summed E-state index contributed by atoms with van der Waals surface area (Å²) in [5.74, 6) is 1.33. The first-order valence-electron chi connectivity index (χ1n) is 4.93. The molecule has 0 heterocycles. The highest BCUT2D eigenvalue weighted by molar-refractivity contribution is 14.1. The molecule has 0 radical (unpaired) electrons. The van der Waals surface area contributed by atoms with E-state index in [9.17, 15) is 10.1 Å². The smallest absolute Gasteiger partial charge is 0.270 e. The molecule has 0 amide bonds. The van der Waals surface area contributed by atoms with Crippen molar-refractivity contribution in [1.29, 1.82) is 0 Å². The molecular weight excluding hydrogens is 460 g/mol. The topological polar surface area (TPSA) is 52.4 Å². The van der Waals surface area contributed by atoms with Gasteiger partial charge in [-0.2, -0.15) is 0 Å². The van der Waals surface area contributed by atoms with Crippen molar-refractivity contribution in [2.45, 2.75) is 0 Å². The van der Waals surface area contributed by atoms with Gasteiger partial charge in [-0.3, -0.25) is 10.1 Å². The van der Waals surface area contributed by atoms with Crippen LogP contribution in [0.4, 0.5) is 5.69 Å². The summed E-state index contributed by atoms with van der Waals surface area (Å²) in [7, 11) is 0. The Balaban J connectivity index is 2.27. The van der Waals surface area contributed by atoms with Crippen molar-refractivity contribution in [3.8, 4) is 11.5 Å². The number of ether oxygens (including phenoxy) is 1. The zero-order valence-corrected chi connectivity index (χ0v) is 13.3. The minimum atomic E-state index is -0.419. The van der Waals surface area contributed by atoms with Gasteiger partial charge in [0.05, 0.1) is 8.49 Å². The normalized spacial score (nSPS) is 10.1. The second kappa shape index (κ2) is 5.83. The quantitative estimate of drug-likeness (QED) is 0.377. The average Bonchev–Trinajstić information content (AvgIpc) is 2.31. The summed E-state index contributed by atoms with van der Waals surface area (Å²) in [6.07, 6.45) is 0. The van der Waals surface area contributed by atoms with E-state index in [1.54, 1.807) is 6.07 Å². The molecule has 4 nitrogen and oxygen atoms in total. The Labute approximate surface area is 131 Å². The molecule has 0 aromatic heterocycles. The molecule has 0 spiro atoms. The van der Waals surface area contributed by atoms with Gasteiger partial charge >= 0.3 is 0 Å². The Hall–Kier alpha value is -0.900. The average molecular weight is 467 g/mol. The predicted molar refractivity (Wildman–Crippen MR) is 85.0 cm³/mol. The Morgan fingerprint density at radius 2 is 1.89 bits per heavy atom. The maximum atomic E-state index is 10.6. The SMILES string of the molecule is O=[N+]([O-])c1ccc(Oc2cccc(I)c2)c(I)c1. The van der Waals surface area contributed by atoms with E-state index in [4.69, 9.17) is 4.74 Å². The fourth-order valence-corrected chi connectivity index (χ4v) is 2.47. The number of nitro groups is 1. The molecule has 0 unspecified atom stereocenters. The molecule has 0 saturated carbocycles. The monoisotopic (exact) mass is 467 g/mol. The lowest BCUT2D eigenvalue weighted by Gasteiger charge is -2.07. The number of hydrogen-bond donors (Lipinski definition) is 0. The Morgan fingerprint density at radius 1 is 1.11 bits per heavy atom. The van der Waals surface area contributed by atoms with E-state index in [-0.39, 0.29) is 5.69 Å². The molecule has 6 heteroatoms. The molecular formula is C12H7I2NO3. The Bertz CT molecular complexity index is 602. The van der Waals surface area contributed by atoms with Crippen molar-refractivity contribution in [2.24, 2.45) is 0 Å². The predicted octanol–water partition coefficient (Wildman–Crippen LogP) is 4.60. The number of benzene rings is 2. The van der Waals surface area contributed by atoms with Crippen LogP contribution in [0.15, 0.2) is 42.5 Å². The molecule has 0 aliphatic rings. The Morgan fingerprint density at radius 3 is 2.50 bits per heavy atom. The van der Waals surface area contributed by atoms with Gasteiger partial charge in [0.1, 0.15) is 11.5 Å². The van der Waals surface area contributed by atoms with Crippen LogP contribution in [-0.4, -0.2) is 4.92 Å². The molecule has 2 aromatic carbocycles. The lowest BCUT2D eigenvalue weighted by atomic mass is 10.3. The molecule has 0 bridgehead atoms. The summed E-state index contributed by atoms with van der Waals surface area (Å²) in [6, 6.07) is 12.1. The van der Waals surface area contributed by atoms with E-state index in [1.165, 1.54) is 12.1 Å². The fraction of sp³-hybridized carbons (Fsp3) is 0. The summed E-state index contributed by atoms with van der Waals surface area (Å²) in [6.45, 7) is 0. The van der Waals surface area contributed by atoms with E-state index in [0.29, 0.717) is 15.1 Å². The summed E-state index contributed by atoms with van der Waals surface area (Å²) >= 11 is 4.22. The van der Waals surface area contributed by atoms with Gasteiger partial charge in [-0.05, 0) is 69.4 Å². The molecule has 0 fully saturated rings. The third kappa shape index (κ3) is 3.31. The van der Waals surface area contributed by atoms with Gasteiger partial charge < -0.3 is 4.74 Å². The highest BCUT2D eigenvalue weighted by Crippen LogP contribution is 2.30. The third-order valence-electron chi connectivity index (χ3n) is 2.15. The molecule has 0 aliphatic carbocycles. The molecule has 18 heavy (non-hydrogen) atoms. The minimum absolute atomic E-state index is 0.0643. The number of nitrogens with zero attached hydrogens (tertiary/aromatic N) is 1. The largest absolute Gasteiger partial charge is 0.456 e. The first-order valence-corrected chi connectivity index (χ1v) is 7.09. The van der Waals surface area contributed by atoms with Crippen molar-refractivity contribution in [3.63, 3.8) is 0 Å². The number of nitro benzene ring substituents is 1. The summed E-state index contributed by atoms with van der Waals surface area (Å²) in [5, 5.41) is 10.6. The van der Waals surface area contributed by atoms with Crippen LogP contribution in [-0.2, 0) is 0 Å². The first kappa shape index (κ1) is 13.5. The number of halogens is 2. The lowest BCUT2D eigenvalue weighted by molar-refractivity contribution is -0.385. The van der Waals surface area contributed by atoms with Crippen LogP contribution in [0.1, 0.15) is 0 Å². The fourth-order valence-electron chi connectivity index (χ4n) is 1.34. The van der Waals surface area contributed by atoms with Crippen LogP contribution in [0.5, 0.6) is 11.5 Å². The zero-order valence-electron chi connectivity index (χ0n) is 8.97. The zero-order chi connectivity index (χ0) is 13.1. The molecule has 92 valence electrons. The number of non-ortho nitro benzene ring substituents is 1. The highest BCUT2D eigenvalue weighted by atomic mass is 127. The maximum absolute atomic E-state index is 10.6. The van der Waals surface area contributed by atoms with Crippen molar-refractivity contribution in [3.05, 3.63) is 59.7 Å². The minimum Gasteiger partial charge on any atom is -0.456 e. The van der Waals surface area contributed by atoms with Crippen molar-refractivity contribution >= 4 is 50.9 Å². The number of rotatable bonds is 3. The standard InChI is InChI=1S/C12H7I2NO3/c13-8-2-1-3-10(6-8)18-12-5-4-9(15(16)17)7-11(12)14/h1-7H. The number of hydrogen-bond acceptors (Lipinski definition) is 3. The van der Waals surface area contributed by atoms with Gasteiger partial charge in [0.25, 0.3) is 5.69 Å². The second-order valence-electron chi connectivity index (χ2n) is 3.43. The molecule has 0 saturated heterocycles. The van der Waals surface area contributed by atoms with E-state index in [0.717, 1.165) is 3.57 Å². The van der Waals surface area contributed by atoms with E-state index in [1.807, 2.05) is 46.9 Å². The second-order valence-corrected chi connectivity index (χ2v) is 5.84. The van der Waals surface area contributed by atoms with Gasteiger partial charge in [-0.15, -0.1) is 0 Å². The van der Waals surface area contributed by atoms with Crippen molar-refractivity contribution in [2.75, 3.05) is 0 Å². The van der Waals surface area contributed by atoms with Crippen LogP contribution in [0, 0.1) is 17.3 Å². The van der Waals surface area contributed by atoms with Crippen LogP contribution in [0.25, 0.3) is 0 Å². The highest BCUT2D eigenvalue weighted by Gasteiger charge is 2.10. The van der Waals surface area contributed by atoms with E-state index < -0.39 is 4.92 Å². The molecule has 2 aromatic rings. The van der Waals surface area contributed by atoms with Crippen LogP contribution in [0.2, 0.25) is 0 Å². The molecule has 2 rings (SSSR count). The maximum Gasteiger partial charge on any atom is 0.270 e. The van der Waals surface area contributed by atoms with Gasteiger partial charge in [-0.1, -0.05) is 6.07 Å². The first-order chi connectivity index (χ1) is 8.56. The summed E-state index contributed by atoms with van der Waals surface area (Å²) in [5.41, 5.74) is 0.0643. The van der Waals surface area contributed by atoms with Crippen LogP contribution in [0.3, 0.4) is 0 Å². The summed E-state index contributed by atoms with van der Waals surface area (Å²) < 4.78 is 7.47. The molecule has 0 atom stereocenters. The van der Waals surface area contributed by atoms with E-state index in [2.05, 4.69) is 22.6 Å². The van der Waals surface area contributed by atoms with Gasteiger partial charge in [0.2, 0.25) is 0 Å². The van der Waals surface area contributed by atoms with Gasteiger partial charge in [0, 0.05) is 15.7 Å². The van der Waals surface area contributed by atoms with Crippen molar-refractivity contribution in [1.82, 2.24) is 0 Å². The van der Waals surface area contributed by atoms with Crippen LogP contribution < -0.4 is 4.74 Å². The lowest BCUT2D eigenvalue weighted by Crippen LogP contribution is -1.91. The van der Waals surface area contributed by atoms with Crippen molar-refractivity contribution < 1.29 is 9.66 Å². The molecule has 0 aliphatic heterocycles. The summed E-state index contributed by atoms with van der Waals surface area (Å²) in [4.78, 5) is 10.2. The Kier molecular flexibility index (Phi) is 4.38. The van der Waals surface area contributed by atoms with E-state index >= 15 is 0 Å². The molecule has 0 N–H and O–H groups in total. The van der Waals surface area contributed by atoms with Gasteiger partial charge in [-0.25, -0.2) is 0 Å². The van der Waals surface area contributed by atoms with Gasteiger partial charge in [0.15, 0.2) is 0 Å². The third-order valence-corrected chi connectivity index (χ3v) is 3.66.